The topological polar surface area (TPSA) is 67.4 Å². The number of nitrogens with one attached hydrogen (secondary N) is 2. The zero-order valence-corrected chi connectivity index (χ0v) is 14.9. The molecule has 0 spiro atoms. The molecule has 0 aromatic heterocycles. The lowest BCUT2D eigenvalue weighted by Crippen LogP contribution is -2.25. The summed E-state index contributed by atoms with van der Waals surface area (Å²) in [7, 11) is 1.36. The first-order valence-electron chi connectivity index (χ1n) is 8.30. The molecule has 5 heteroatoms. The number of hydrogen-bond donors (Lipinski definition) is 2. The molecule has 0 saturated carbocycles. The van der Waals surface area contributed by atoms with E-state index in [1.807, 2.05) is 37.3 Å². The van der Waals surface area contributed by atoms with E-state index in [9.17, 15) is 9.59 Å². The van der Waals surface area contributed by atoms with E-state index in [-0.39, 0.29) is 11.9 Å². The summed E-state index contributed by atoms with van der Waals surface area (Å²) in [5.41, 5.74) is 4.64. The second-order valence-corrected chi connectivity index (χ2v) is 5.85. The Morgan fingerprint density at radius 1 is 1.00 bits per heavy atom. The van der Waals surface area contributed by atoms with Gasteiger partial charge in [0.15, 0.2) is 0 Å². The highest BCUT2D eigenvalue weighted by Gasteiger charge is 2.12. The van der Waals surface area contributed by atoms with Crippen molar-refractivity contribution in [1.82, 2.24) is 5.32 Å². The van der Waals surface area contributed by atoms with E-state index in [2.05, 4.69) is 28.4 Å². The van der Waals surface area contributed by atoms with Gasteiger partial charge in [-0.2, -0.15) is 0 Å². The van der Waals surface area contributed by atoms with Crippen LogP contribution in [0, 0.1) is 13.8 Å². The molecule has 25 heavy (non-hydrogen) atoms. The number of carbonyl (C=O) groups excluding carboxylic acids is 2. The maximum atomic E-state index is 12.5. The van der Waals surface area contributed by atoms with Gasteiger partial charge in [0.25, 0.3) is 5.91 Å². The molecule has 1 amide bonds. The van der Waals surface area contributed by atoms with Gasteiger partial charge in [0, 0.05) is 18.7 Å². The summed E-state index contributed by atoms with van der Waals surface area (Å²) in [5.74, 6) is -0.440. The lowest BCUT2D eigenvalue weighted by Gasteiger charge is -2.15. The number of benzene rings is 2. The highest BCUT2D eigenvalue weighted by Crippen LogP contribution is 2.25. The Labute approximate surface area is 148 Å². The standard InChI is InChI=1S/C20H24N2O3/c1-14-8-6-11-17(15(14)2)22-18-10-5-4-9-16(18)20(24)21-13-7-12-19(23)25-3/h4-6,8-11,22H,7,12-13H2,1-3H3,(H,21,24). The molecule has 0 heterocycles. The summed E-state index contributed by atoms with van der Waals surface area (Å²) < 4.78 is 4.59. The molecule has 2 aromatic rings. The van der Waals surface area contributed by atoms with Crippen molar-refractivity contribution < 1.29 is 14.3 Å². The second kappa shape index (κ2) is 8.87. The zero-order valence-electron chi connectivity index (χ0n) is 14.9. The van der Waals surface area contributed by atoms with Gasteiger partial charge in [-0.25, -0.2) is 0 Å². The largest absolute Gasteiger partial charge is 0.469 e. The van der Waals surface area contributed by atoms with E-state index in [0.717, 1.165) is 16.9 Å². The number of amides is 1. The SMILES string of the molecule is COC(=O)CCCNC(=O)c1ccccc1Nc1cccc(C)c1C. The van der Waals surface area contributed by atoms with Crippen LogP contribution in [-0.4, -0.2) is 25.5 Å². The van der Waals surface area contributed by atoms with Gasteiger partial charge in [0.05, 0.1) is 18.4 Å². The molecule has 2 N–H and O–H groups in total. The monoisotopic (exact) mass is 340 g/mol. The Balaban J connectivity index is 2.06. The van der Waals surface area contributed by atoms with Crippen molar-refractivity contribution >= 4 is 23.3 Å². The van der Waals surface area contributed by atoms with Crippen LogP contribution in [0.5, 0.6) is 0 Å². The third kappa shape index (κ3) is 5.08. The van der Waals surface area contributed by atoms with Crippen LogP contribution < -0.4 is 10.6 Å². The smallest absolute Gasteiger partial charge is 0.305 e. The number of para-hydroxylation sites is 1. The molecule has 0 atom stereocenters. The van der Waals surface area contributed by atoms with Crippen LogP contribution in [0.2, 0.25) is 0 Å². The minimum atomic E-state index is -0.272. The van der Waals surface area contributed by atoms with Gasteiger partial charge in [0.1, 0.15) is 0 Å². The van der Waals surface area contributed by atoms with E-state index in [1.165, 1.54) is 12.7 Å². The lowest BCUT2D eigenvalue weighted by atomic mass is 10.1. The number of methoxy groups -OCH3 is 1. The third-order valence-corrected chi connectivity index (χ3v) is 4.12. The molecule has 0 unspecified atom stereocenters. The van der Waals surface area contributed by atoms with Crippen molar-refractivity contribution in [1.29, 1.82) is 0 Å². The predicted molar refractivity (Wildman–Crippen MR) is 99.2 cm³/mol. The van der Waals surface area contributed by atoms with E-state index in [4.69, 9.17) is 0 Å². The van der Waals surface area contributed by atoms with Gasteiger partial charge in [-0.1, -0.05) is 24.3 Å². The number of carbonyl (C=O) groups is 2. The number of ether oxygens (including phenoxy) is 1. The molecule has 0 aliphatic carbocycles. The van der Waals surface area contributed by atoms with Crippen LogP contribution in [0.4, 0.5) is 11.4 Å². The molecule has 0 bridgehead atoms. The normalized spacial score (nSPS) is 10.2. The fourth-order valence-electron chi connectivity index (χ4n) is 2.45. The van der Waals surface area contributed by atoms with Crippen LogP contribution in [0.1, 0.15) is 34.3 Å². The minimum Gasteiger partial charge on any atom is -0.469 e. The van der Waals surface area contributed by atoms with E-state index in [0.29, 0.717) is 24.9 Å². The highest BCUT2D eigenvalue weighted by molar-refractivity contribution is 6.00. The zero-order chi connectivity index (χ0) is 18.2. The van der Waals surface area contributed by atoms with Crippen LogP contribution in [0.15, 0.2) is 42.5 Å². The van der Waals surface area contributed by atoms with Crippen molar-refractivity contribution in [2.24, 2.45) is 0 Å². The van der Waals surface area contributed by atoms with Crippen LogP contribution in [0.3, 0.4) is 0 Å². The Morgan fingerprint density at radius 2 is 1.72 bits per heavy atom. The van der Waals surface area contributed by atoms with Crippen molar-refractivity contribution in [3.05, 3.63) is 59.2 Å². The van der Waals surface area contributed by atoms with E-state index < -0.39 is 0 Å². The van der Waals surface area contributed by atoms with Gasteiger partial charge in [-0.05, 0) is 49.6 Å². The van der Waals surface area contributed by atoms with Crippen molar-refractivity contribution in [3.8, 4) is 0 Å². The Bertz CT molecular complexity index is 756. The molecule has 0 fully saturated rings. The molecule has 0 aliphatic heterocycles. The summed E-state index contributed by atoms with van der Waals surface area (Å²) >= 11 is 0. The second-order valence-electron chi connectivity index (χ2n) is 5.85. The number of aryl methyl sites for hydroxylation is 1. The van der Waals surface area contributed by atoms with E-state index >= 15 is 0 Å². The number of hydrogen-bond acceptors (Lipinski definition) is 4. The van der Waals surface area contributed by atoms with Crippen LogP contribution in [-0.2, 0) is 9.53 Å². The van der Waals surface area contributed by atoms with Crippen molar-refractivity contribution in [3.63, 3.8) is 0 Å². The molecular formula is C20H24N2O3. The molecule has 0 saturated heterocycles. The number of esters is 1. The van der Waals surface area contributed by atoms with Gasteiger partial charge in [-0.3, -0.25) is 9.59 Å². The van der Waals surface area contributed by atoms with Gasteiger partial charge >= 0.3 is 5.97 Å². The van der Waals surface area contributed by atoms with Gasteiger partial charge < -0.3 is 15.4 Å². The maximum absolute atomic E-state index is 12.5. The molecule has 2 rings (SSSR count). The lowest BCUT2D eigenvalue weighted by molar-refractivity contribution is -0.140. The van der Waals surface area contributed by atoms with Gasteiger partial charge in [-0.15, -0.1) is 0 Å². The summed E-state index contributed by atoms with van der Waals surface area (Å²) in [4.78, 5) is 23.6. The summed E-state index contributed by atoms with van der Waals surface area (Å²) in [6.07, 6.45) is 0.837. The first-order chi connectivity index (χ1) is 12.0. The summed E-state index contributed by atoms with van der Waals surface area (Å²) in [6, 6.07) is 13.4. The first kappa shape index (κ1) is 18.5. The number of rotatable bonds is 7. The van der Waals surface area contributed by atoms with E-state index in [1.54, 1.807) is 6.07 Å². The summed E-state index contributed by atoms with van der Waals surface area (Å²) in [6.45, 7) is 4.53. The van der Waals surface area contributed by atoms with Crippen molar-refractivity contribution in [2.45, 2.75) is 26.7 Å². The average molecular weight is 340 g/mol. The average Bonchev–Trinajstić information content (AvgIpc) is 2.62. The van der Waals surface area contributed by atoms with Crippen LogP contribution in [0.25, 0.3) is 0 Å². The predicted octanol–water partition coefficient (Wildman–Crippen LogP) is 3.73. The molecule has 132 valence electrons. The fraction of sp³-hybridized carbons (Fsp3) is 0.300. The fourth-order valence-corrected chi connectivity index (χ4v) is 2.45. The Hall–Kier alpha value is -2.82. The molecule has 0 radical (unpaired) electrons. The van der Waals surface area contributed by atoms with Gasteiger partial charge in [0.2, 0.25) is 0 Å². The quantitative estimate of drug-likeness (QED) is 0.595. The Kier molecular flexibility index (Phi) is 6.57. The Morgan fingerprint density at radius 3 is 2.48 bits per heavy atom. The molecule has 5 nitrogen and oxygen atoms in total. The maximum Gasteiger partial charge on any atom is 0.305 e. The molecular weight excluding hydrogens is 316 g/mol. The minimum absolute atomic E-state index is 0.168. The highest BCUT2D eigenvalue weighted by atomic mass is 16.5. The first-order valence-corrected chi connectivity index (χ1v) is 8.30. The molecule has 0 aliphatic rings. The van der Waals surface area contributed by atoms with Crippen LogP contribution >= 0.6 is 0 Å². The summed E-state index contributed by atoms with van der Waals surface area (Å²) in [5, 5.41) is 6.19. The van der Waals surface area contributed by atoms with Crippen molar-refractivity contribution in [2.75, 3.05) is 19.0 Å². The molecule has 2 aromatic carbocycles. The third-order valence-electron chi connectivity index (χ3n) is 4.12. The number of anilines is 2.